The summed E-state index contributed by atoms with van der Waals surface area (Å²) in [5, 5.41) is 0.967. The summed E-state index contributed by atoms with van der Waals surface area (Å²) < 4.78 is 12.5. The maximum Gasteiger partial charge on any atom is 0.213 e. The Morgan fingerprint density at radius 3 is 2.38 bits per heavy atom. The third-order valence-corrected chi connectivity index (χ3v) is 1.56. The van der Waals surface area contributed by atoms with E-state index in [4.69, 9.17) is 0 Å². The number of nitrogens with zero attached hydrogens (tertiary/aromatic N) is 1. The zero-order valence-corrected chi connectivity index (χ0v) is 8.24. The molecule has 13 heavy (non-hydrogen) atoms. The van der Waals surface area contributed by atoms with E-state index in [0.717, 1.165) is 5.39 Å². The maximum absolute atomic E-state index is 12.5. The molecule has 0 bridgehead atoms. The molecule has 0 N–H and O–H groups in total. The lowest BCUT2D eigenvalue weighted by atomic mass is 10.2. The number of fused-ring (bicyclic) bond motifs is 1. The van der Waals surface area contributed by atoms with Crippen molar-refractivity contribution in [2.24, 2.45) is 0 Å². The molecule has 4 heteroatoms. The van der Waals surface area contributed by atoms with E-state index in [0.29, 0.717) is 5.52 Å². The summed E-state index contributed by atoms with van der Waals surface area (Å²) in [6.07, 6.45) is 0. The standard InChI is InChI=1S/C9H6FN.2ClH/c10-9-6-5-7-3-1-2-4-8(7)11-9;;/h1-6H;2*1H. The van der Waals surface area contributed by atoms with Gasteiger partial charge in [0.1, 0.15) is 0 Å². The van der Waals surface area contributed by atoms with E-state index in [1.165, 1.54) is 6.07 Å². The van der Waals surface area contributed by atoms with Crippen LogP contribution in [0.15, 0.2) is 36.4 Å². The van der Waals surface area contributed by atoms with Crippen LogP contribution in [0.25, 0.3) is 10.9 Å². The smallest absolute Gasteiger partial charge is 0.213 e. The molecule has 0 spiro atoms. The van der Waals surface area contributed by atoms with Crippen LogP contribution >= 0.6 is 24.8 Å². The Hall–Kier alpha value is -0.860. The van der Waals surface area contributed by atoms with Crippen molar-refractivity contribution in [1.82, 2.24) is 4.98 Å². The molecule has 0 aliphatic heterocycles. The minimum absolute atomic E-state index is 0. The molecular formula is C9H8Cl2FN. The van der Waals surface area contributed by atoms with Gasteiger partial charge in [-0.2, -0.15) is 4.39 Å². The normalized spacial score (nSPS) is 8.69. The van der Waals surface area contributed by atoms with Gasteiger partial charge in [-0.25, -0.2) is 4.98 Å². The second-order valence-corrected chi connectivity index (χ2v) is 2.33. The zero-order valence-electron chi connectivity index (χ0n) is 6.61. The predicted molar refractivity (Wildman–Crippen MR) is 56.2 cm³/mol. The summed E-state index contributed by atoms with van der Waals surface area (Å²) in [6.45, 7) is 0. The molecule has 2 rings (SSSR count). The molecule has 0 saturated carbocycles. The minimum Gasteiger partial charge on any atom is -0.220 e. The number of para-hydroxylation sites is 1. The summed E-state index contributed by atoms with van der Waals surface area (Å²) in [5.41, 5.74) is 0.701. The number of aromatic nitrogens is 1. The van der Waals surface area contributed by atoms with Crippen LogP contribution in [-0.2, 0) is 0 Å². The lowest BCUT2D eigenvalue weighted by Crippen LogP contribution is -1.81. The highest BCUT2D eigenvalue weighted by molar-refractivity contribution is 5.85. The first-order valence-corrected chi connectivity index (χ1v) is 3.37. The fraction of sp³-hybridized carbons (Fsp3) is 0. The summed E-state index contributed by atoms with van der Waals surface area (Å²) in [4.78, 5) is 3.71. The van der Waals surface area contributed by atoms with Crippen molar-refractivity contribution in [3.05, 3.63) is 42.3 Å². The Morgan fingerprint density at radius 2 is 1.62 bits per heavy atom. The molecule has 70 valence electrons. The molecule has 0 saturated heterocycles. The molecule has 0 radical (unpaired) electrons. The van der Waals surface area contributed by atoms with Crippen LogP contribution in [-0.4, -0.2) is 4.98 Å². The van der Waals surface area contributed by atoms with E-state index >= 15 is 0 Å². The number of hydrogen-bond donors (Lipinski definition) is 0. The maximum atomic E-state index is 12.5. The Morgan fingerprint density at radius 1 is 0.923 bits per heavy atom. The second kappa shape index (κ2) is 5.00. The van der Waals surface area contributed by atoms with Crippen LogP contribution in [0.1, 0.15) is 0 Å². The van der Waals surface area contributed by atoms with Gasteiger partial charge in [0.2, 0.25) is 5.95 Å². The lowest BCUT2D eigenvalue weighted by molar-refractivity contribution is 0.589. The number of hydrogen-bond acceptors (Lipinski definition) is 1. The summed E-state index contributed by atoms with van der Waals surface area (Å²) >= 11 is 0. The molecule has 2 aromatic rings. The van der Waals surface area contributed by atoms with Gasteiger partial charge in [-0.05, 0) is 18.2 Å². The van der Waals surface area contributed by atoms with Crippen LogP contribution in [0.4, 0.5) is 4.39 Å². The van der Waals surface area contributed by atoms with Gasteiger partial charge in [0.25, 0.3) is 0 Å². The predicted octanol–water partition coefficient (Wildman–Crippen LogP) is 3.22. The third kappa shape index (κ3) is 2.54. The lowest BCUT2D eigenvalue weighted by Gasteiger charge is -1.93. The molecular weight excluding hydrogens is 212 g/mol. The first-order valence-electron chi connectivity index (χ1n) is 3.37. The Bertz CT molecular complexity index is 392. The molecule has 0 amide bonds. The van der Waals surface area contributed by atoms with E-state index < -0.39 is 5.95 Å². The zero-order chi connectivity index (χ0) is 7.68. The van der Waals surface area contributed by atoms with E-state index in [1.807, 2.05) is 18.2 Å². The molecule has 0 aliphatic rings. The van der Waals surface area contributed by atoms with Crippen LogP contribution in [0.5, 0.6) is 0 Å². The summed E-state index contributed by atoms with van der Waals surface area (Å²) in [7, 11) is 0. The van der Waals surface area contributed by atoms with Crippen molar-refractivity contribution in [2.45, 2.75) is 0 Å². The third-order valence-electron chi connectivity index (χ3n) is 1.56. The molecule has 1 nitrogen and oxygen atoms in total. The van der Waals surface area contributed by atoms with Crippen LogP contribution < -0.4 is 0 Å². The van der Waals surface area contributed by atoms with Crippen molar-refractivity contribution in [1.29, 1.82) is 0 Å². The average Bonchev–Trinajstić information content (AvgIpc) is 2.04. The van der Waals surface area contributed by atoms with Gasteiger partial charge in [-0.15, -0.1) is 24.8 Å². The fourth-order valence-corrected chi connectivity index (χ4v) is 1.04. The van der Waals surface area contributed by atoms with Gasteiger partial charge in [0.15, 0.2) is 0 Å². The molecule has 0 atom stereocenters. The first kappa shape index (κ1) is 12.1. The van der Waals surface area contributed by atoms with E-state index in [-0.39, 0.29) is 24.8 Å². The van der Waals surface area contributed by atoms with Crippen molar-refractivity contribution < 1.29 is 4.39 Å². The van der Waals surface area contributed by atoms with Gasteiger partial charge in [0.05, 0.1) is 5.52 Å². The largest absolute Gasteiger partial charge is 0.220 e. The SMILES string of the molecule is Cl.Cl.Fc1ccc2ccccc2n1. The number of halogens is 3. The highest BCUT2D eigenvalue weighted by atomic mass is 35.5. The Labute approximate surface area is 87.8 Å². The topological polar surface area (TPSA) is 12.9 Å². The highest BCUT2D eigenvalue weighted by Gasteiger charge is 1.93. The van der Waals surface area contributed by atoms with E-state index in [9.17, 15) is 4.39 Å². The van der Waals surface area contributed by atoms with Crippen LogP contribution in [0.2, 0.25) is 0 Å². The summed E-state index contributed by atoms with van der Waals surface area (Å²) in [5.74, 6) is -0.427. The van der Waals surface area contributed by atoms with Crippen molar-refractivity contribution in [3.8, 4) is 0 Å². The van der Waals surface area contributed by atoms with Gasteiger partial charge >= 0.3 is 0 Å². The Balaban J connectivity index is 0.000000720. The molecule has 1 heterocycles. The van der Waals surface area contributed by atoms with Crippen LogP contribution in [0.3, 0.4) is 0 Å². The second-order valence-electron chi connectivity index (χ2n) is 2.33. The monoisotopic (exact) mass is 219 g/mol. The first-order chi connectivity index (χ1) is 5.36. The van der Waals surface area contributed by atoms with Crippen LogP contribution in [0, 0.1) is 5.95 Å². The quantitative estimate of drug-likeness (QED) is 0.621. The highest BCUT2D eigenvalue weighted by Crippen LogP contribution is 2.10. The van der Waals surface area contributed by atoms with Gasteiger partial charge in [0, 0.05) is 5.39 Å². The average molecular weight is 220 g/mol. The molecule has 0 fully saturated rings. The van der Waals surface area contributed by atoms with Crippen molar-refractivity contribution in [2.75, 3.05) is 0 Å². The van der Waals surface area contributed by atoms with Gasteiger partial charge < -0.3 is 0 Å². The minimum atomic E-state index is -0.427. The Kier molecular flexibility index (Phi) is 4.67. The van der Waals surface area contributed by atoms with Crippen molar-refractivity contribution in [3.63, 3.8) is 0 Å². The van der Waals surface area contributed by atoms with Gasteiger partial charge in [-0.3, -0.25) is 0 Å². The number of pyridine rings is 1. The van der Waals surface area contributed by atoms with E-state index in [2.05, 4.69) is 4.98 Å². The fourth-order valence-electron chi connectivity index (χ4n) is 1.04. The molecule has 1 aromatic carbocycles. The molecule has 0 unspecified atom stereocenters. The summed E-state index contributed by atoms with van der Waals surface area (Å²) in [6, 6.07) is 10.5. The number of rotatable bonds is 0. The number of benzene rings is 1. The molecule has 1 aromatic heterocycles. The molecule has 0 aliphatic carbocycles. The van der Waals surface area contributed by atoms with Crippen molar-refractivity contribution >= 4 is 35.7 Å². The van der Waals surface area contributed by atoms with Gasteiger partial charge in [-0.1, -0.05) is 18.2 Å². The van der Waals surface area contributed by atoms with E-state index in [1.54, 1.807) is 12.1 Å².